The number of unbranched alkanes of at least 4 members (excludes halogenated alkanes) is 1. The summed E-state index contributed by atoms with van der Waals surface area (Å²) in [5.41, 5.74) is 7.61. The van der Waals surface area contributed by atoms with Crippen LogP contribution in [0.5, 0.6) is 11.5 Å². The van der Waals surface area contributed by atoms with E-state index < -0.39 is 29.1 Å². The molecule has 2 aliphatic rings. The Bertz CT molecular complexity index is 1920. The number of H-pyrrole nitrogens is 2. The van der Waals surface area contributed by atoms with Gasteiger partial charge in [0.2, 0.25) is 12.7 Å². The maximum atomic E-state index is 13.9. The van der Waals surface area contributed by atoms with Crippen molar-refractivity contribution in [3.63, 3.8) is 0 Å². The number of hydrogen-bond acceptors (Lipinski definition) is 9. The van der Waals surface area contributed by atoms with E-state index >= 15 is 0 Å². The van der Waals surface area contributed by atoms with Gasteiger partial charge in [0.05, 0.1) is 11.5 Å². The molecule has 1 saturated heterocycles. The third kappa shape index (κ3) is 9.34. The van der Waals surface area contributed by atoms with E-state index in [0.29, 0.717) is 50.4 Å². The van der Waals surface area contributed by atoms with E-state index in [-0.39, 0.29) is 18.7 Å². The molecule has 2 atom stereocenters. The van der Waals surface area contributed by atoms with Crippen molar-refractivity contribution >= 4 is 28.8 Å². The Morgan fingerprint density at radius 2 is 1.74 bits per heavy atom. The zero-order chi connectivity index (χ0) is 38.5. The summed E-state index contributed by atoms with van der Waals surface area (Å²) in [7, 11) is 0. The number of nitrogens with one attached hydrogen (secondary N) is 4. The van der Waals surface area contributed by atoms with Crippen molar-refractivity contribution in [2.45, 2.75) is 89.9 Å². The van der Waals surface area contributed by atoms with Gasteiger partial charge in [-0.15, -0.1) is 0 Å². The predicted molar refractivity (Wildman–Crippen MR) is 205 cm³/mol. The van der Waals surface area contributed by atoms with E-state index in [4.69, 9.17) is 24.9 Å². The number of fused-ring (bicyclic) bond motifs is 2. The normalized spacial score (nSPS) is 15.9. The molecule has 1 fully saturated rings. The van der Waals surface area contributed by atoms with Crippen LogP contribution in [0.2, 0.25) is 0 Å². The Labute approximate surface area is 316 Å². The lowest BCUT2D eigenvalue weighted by Crippen LogP contribution is -2.52. The monoisotopic (exact) mass is 742 g/mol. The minimum absolute atomic E-state index is 0.185. The van der Waals surface area contributed by atoms with Crippen LogP contribution in [-0.2, 0) is 32.7 Å². The number of carbonyl (C=O) groups is 3. The third-order valence-electron chi connectivity index (χ3n) is 10.0. The van der Waals surface area contributed by atoms with Gasteiger partial charge in [-0.25, -0.2) is 14.6 Å². The summed E-state index contributed by atoms with van der Waals surface area (Å²) in [5, 5.41) is 7.25. The number of amides is 3. The van der Waals surface area contributed by atoms with Crippen LogP contribution in [0.25, 0.3) is 10.9 Å². The second kappa shape index (κ2) is 16.5. The smallest absolute Gasteiger partial charge is 0.329 e. The number of aromatic nitrogens is 3. The van der Waals surface area contributed by atoms with Crippen LogP contribution in [0.1, 0.15) is 82.6 Å². The van der Waals surface area contributed by atoms with Crippen LogP contribution in [0.3, 0.4) is 0 Å². The maximum Gasteiger partial charge on any atom is 0.329 e. The van der Waals surface area contributed by atoms with Crippen molar-refractivity contribution in [3.05, 3.63) is 77.5 Å². The van der Waals surface area contributed by atoms with Gasteiger partial charge in [-0.05, 0) is 89.8 Å². The number of aromatic amines is 2. The number of urea groups is 1. The van der Waals surface area contributed by atoms with Crippen LogP contribution in [0.15, 0.2) is 54.9 Å². The number of carbonyl (C=O) groups excluding carboxylic acids is 3. The number of benzene rings is 2. The second-order valence-corrected chi connectivity index (χ2v) is 15.7. The molecular formula is C40H54N8O6. The molecule has 54 heavy (non-hydrogen) atoms. The molecule has 0 aliphatic carbocycles. The van der Waals surface area contributed by atoms with Crippen LogP contribution in [0, 0.1) is 0 Å². The average molecular weight is 743 g/mol. The first-order valence-electron chi connectivity index (χ1n) is 18.8. The fourth-order valence-electron chi connectivity index (χ4n) is 6.79. The molecule has 4 heterocycles. The fraction of sp³-hybridized carbons (Fsp3) is 0.500. The lowest BCUT2D eigenvalue weighted by Gasteiger charge is -2.35. The van der Waals surface area contributed by atoms with Crippen LogP contribution in [-0.4, -0.2) is 93.8 Å². The maximum absolute atomic E-state index is 13.9. The molecule has 3 amide bonds. The Morgan fingerprint density at radius 1 is 0.981 bits per heavy atom. The van der Waals surface area contributed by atoms with Gasteiger partial charge in [0, 0.05) is 68.1 Å². The number of nitrogens with zero attached hydrogens (tertiary/aromatic N) is 3. The van der Waals surface area contributed by atoms with Crippen molar-refractivity contribution in [1.82, 2.24) is 35.4 Å². The molecule has 2 aromatic heterocycles. The third-order valence-corrected chi connectivity index (χ3v) is 10.0. The molecule has 6 rings (SSSR count). The highest BCUT2D eigenvalue weighted by Crippen LogP contribution is 2.33. The summed E-state index contributed by atoms with van der Waals surface area (Å²) < 4.78 is 16.6. The molecule has 4 aromatic rings. The summed E-state index contributed by atoms with van der Waals surface area (Å²) in [6, 6.07) is 12.5. The highest BCUT2D eigenvalue weighted by Gasteiger charge is 2.37. The molecule has 6 N–H and O–H groups in total. The van der Waals surface area contributed by atoms with E-state index in [0.717, 1.165) is 59.6 Å². The van der Waals surface area contributed by atoms with Crippen molar-refractivity contribution in [2.24, 2.45) is 5.73 Å². The van der Waals surface area contributed by atoms with Gasteiger partial charge in [-0.1, -0.05) is 24.3 Å². The van der Waals surface area contributed by atoms with Crippen molar-refractivity contribution in [2.75, 3.05) is 39.5 Å². The molecule has 1 unspecified atom stereocenters. The number of rotatable bonds is 14. The van der Waals surface area contributed by atoms with Crippen LogP contribution in [0.4, 0.5) is 4.79 Å². The largest absolute Gasteiger partial charge is 0.458 e. The van der Waals surface area contributed by atoms with Gasteiger partial charge in [-0.3, -0.25) is 9.69 Å². The van der Waals surface area contributed by atoms with Crippen LogP contribution < -0.4 is 25.8 Å². The molecule has 14 nitrogen and oxygen atoms in total. The lowest BCUT2D eigenvalue weighted by molar-refractivity contribution is -0.159. The first kappa shape index (κ1) is 38.6. The molecule has 0 bridgehead atoms. The second-order valence-electron chi connectivity index (χ2n) is 15.7. The molecule has 0 radical (unpaired) electrons. The number of esters is 1. The SMILES string of the molecule is CC(C)(C)OC(=O)C(CCCCN)NC(=O)C(C)(C)c1cnc([C@@H](Cc2c[nH]c3ccccc23)NC(=O)N2CCN(Cc3ccc4c(c3)OCO4)CC2)[nH]1. The highest BCUT2D eigenvalue weighted by molar-refractivity contribution is 5.91. The summed E-state index contributed by atoms with van der Waals surface area (Å²) in [6.45, 7) is 13.0. The quantitative estimate of drug-likeness (QED) is 0.0907. The highest BCUT2D eigenvalue weighted by atomic mass is 16.7. The summed E-state index contributed by atoms with van der Waals surface area (Å²) in [5.74, 6) is 1.22. The first-order valence-corrected chi connectivity index (χ1v) is 18.8. The van der Waals surface area contributed by atoms with Gasteiger partial charge in [-0.2, -0.15) is 0 Å². The Morgan fingerprint density at radius 3 is 2.50 bits per heavy atom. The van der Waals surface area contributed by atoms with E-state index in [2.05, 4.69) is 31.6 Å². The van der Waals surface area contributed by atoms with Gasteiger partial charge < -0.3 is 45.4 Å². The van der Waals surface area contributed by atoms with E-state index in [1.807, 2.05) is 47.5 Å². The number of hydrogen-bond donors (Lipinski definition) is 5. The van der Waals surface area contributed by atoms with Crippen molar-refractivity contribution < 1.29 is 28.6 Å². The Hall–Kier alpha value is -5.08. The zero-order valence-corrected chi connectivity index (χ0v) is 32.0. The topological polar surface area (TPSA) is 180 Å². The molecule has 2 aliphatic heterocycles. The van der Waals surface area contributed by atoms with Gasteiger partial charge in [0.15, 0.2) is 11.5 Å². The van der Waals surface area contributed by atoms with Crippen molar-refractivity contribution in [3.8, 4) is 11.5 Å². The van der Waals surface area contributed by atoms with Crippen molar-refractivity contribution in [1.29, 1.82) is 0 Å². The summed E-state index contributed by atoms with van der Waals surface area (Å²) in [4.78, 5) is 56.4. The molecule has 0 saturated carbocycles. The van der Waals surface area contributed by atoms with E-state index in [9.17, 15) is 14.4 Å². The van der Waals surface area contributed by atoms with Gasteiger partial charge >= 0.3 is 12.0 Å². The molecule has 2 aromatic carbocycles. The lowest BCUT2D eigenvalue weighted by atomic mass is 9.88. The number of nitrogens with two attached hydrogens (primary N) is 1. The predicted octanol–water partition coefficient (Wildman–Crippen LogP) is 4.66. The number of piperazine rings is 1. The first-order chi connectivity index (χ1) is 25.8. The Balaban J connectivity index is 1.15. The van der Waals surface area contributed by atoms with E-state index in [1.54, 1.807) is 40.8 Å². The zero-order valence-electron chi connectivity index (χ0n) is 32.0. The standard InChI is InChI=1S/C40H54N8O6/c1-39(2,3)54-36(49)30(12-8-9-15-41)44-37(50)40(4,5)34-23-43-35(46-34)31(21-27-22-42-29-11-7-6-10-28(27)29)45-38(51)48-18-16-47(17-19-48)24-26-13-14-32-33(20-26)53-25-52-32/h6-7,10-11,13-14,20,22-23,30-31,42H,8-9,12,15-19,21,24-25,41H2,1-5H3,(H,43,46)(H,44,50)(H,45,51)/t30?,31-/m1/s1. The Kier molecular flexibility index (Phi) is 11.8. The minimum Gasteiger partial charge on any atom is -0.458 e. The average Bonchev–Trinajstić information content (AvgIpc) is 3.91. The molecule has 14 heteroatoms. The summed E-state index contributed by atoms with van der Waals surface area (Å²) in [6.07, 6.45) is 5.85. The molecule has 290 valence electrons. The van der Waals surface area contributed by atoms with Crippen LogP contribution >= 0.6 is 0 Å². The molecule has 0 spiro atoms. The number of para-hydroxylation sites is 1. The molecular weight excluding hydrogens is 688 g/mol. The summed E-state index contributed by atoms with van der Waals surface area (Å²) >= 11 is 0. The van der Waals surface area contributed by atoms with E-state index in [1.165, 1.54) is 0 Å². The fourth-order valence-corrected chi connectivity index (χ4v) is 6.79. The number of imidazole rings is 1. The number of ether oxygens (including phenoxy) is 3. The van der Waals surface area contributed by atoms with Gasteiger partial charge in [0.1, 0.15) is 17.5 Å². The minimum atomic E-state index is -1.09. The van der Waals surface area contributed by atoms with Gasteiger partial charge in [0.25, 0.3) is 0 Å².